The molecule has 3 fully saturated rings. The molecule has 1 atom stereocenters. The van der Waals surface area contributed by atoms with Gasteiger partial charge in [0.05, 0.1) is 36.9 Å². The summed E-state index contributed by atoms with van der Waals surface area (Å²) in [5.41, 5.74) is 0.625. The van der Waals surface area contributed by atoms with Crippen LogP contribution < -0.4 is 4.74 Å². The van der Waals surface area contributed by atoms with Gasteiger partial charge >= 0.3 is 0 Å². The van der Waals surface area contributed by atoms with Gasteiger partial charge in [0.15, 0.2) is 0 Å². The van der Waals surface area contributed by atoms with Crippen molar-refractivity contribution in [3.05, 3.63) is 23.3 Å². The number of methoxy groups -OCH3 is 1. The number of benzene rings is 1. The maximum atomic E-state index is 14.0. The van der Waals surface area contributed by atoms with E-state index in [0.29, 0.717) is 30.0 Å². The molecule has 41 heavy (non-hydrogen) atoms. The number of carbonyl (C=O) groups is 1. The lowest BCUT2D eigenvalue weighted by atomic mass is 10.1. The van der Waals surface area contributed by atoms with Gasteiger partial charge in [0.2, 0.25) is 15.9 Å². The van der Waals surface area contributed by atoms with E-state index in [4.69, 9.17) is 14.2 Å². The lowest BCUT2D eigenvalue weighted by molar-refractivity contribution is -0.140. The van der Waals surface area contributed by atoms with Gasteiger partial charge in [0.1, 0.15) is 12.4 Å². The molecule has 3 heterocycles. The molecule has 0 aromatic heterocycles. The average molecular weight is 595 g/mol. The van der Waals surface area contributed by atoms with Crippen molar-refractivity contribution in [2.45, 2.75) is 69.9 Å². The summed E-state index contributed by atoms with van der Waals surface area (Å²) < 4.78 is 46.6. The summed E-state index contributed by atoms with van der Waals surface area (Å²) in [6, 6.07) is 2.95. The van der Waals surface area contributed by atoms with Crippen molar-refractivity contribution in [1.82, 2.24) is 19.0 Å². The Hall–Kier alpha value is -1.76. The number of rotatable bonds is 11. The van der Waals surface area contributed by atoms with Crippen LogP contribution in [-0.4, -0.2) is 131 Å². The molecule has 11 heteroatoms. The summed E-state index contributed by atoms with van der Waals surface area (Å²) in [5, 5.41) is 0. The number of carbonyl (C=O) groups excluding carboxylic acids is 1. The van der Waals surface area contributed by atoms with E-state index in [0.717, 1.165) is 19.6 Å². The Labute approximate surface area is 246 Å². The molecule has 0 bridgehead atoms. The number of piperazine rings is 1. The summed E-state index contributed by atoms with van der Waals surface area (Å²) >= 11 is 0. The van der Waals surface area contributed by atoms with E-state index in [1.54, 1.807) is 33.1 Å². The van der Waals surface area contributed by atoms with Crippen LogP contribution in [0.5, 0.6) is 5.75 Å². The Morgan fingerprint density at radius 2 is 1.59 bits per heavy atom. The second-order valence-corrected chi connectivity index (χ2v) is 14.2. The summed E-state index contributed by atoms with van der Waals surface area (Å²) in [6.45, 7) is 15.6. The molecule has 0 radical (unpaired) electrons. The van der Waals surface area contributed by atoms with E-state index < -0.39 is 21.7 Å². The van der Waals surface area contributed by atoms with Gasteiger partial charge in [-0.2, -0.15) is 4.31 Å². The topological polar surface area (TPSA) is 91.9 Å². The van der Waals surface area contributed by atoms with Crippen molar-refractivity contribution in [3.63, 3.8) is 0 Å². The van der Waals surface area contributed by atoms with Crippen LogP contribution in [0.2, 0.25) is 0 Å². The third-order valence-electron chi connectivity index (χ3n) is 8.50. The monoisotopic (exact) mass is 594 g/mol. The maximum Gasteiger partial charge on any atom is 0.248 e. The molecule has 1 amide bonds. The summed E-state index contributed by atoms with van der Waals surface area (Å²) in [5.74, 6) is 0.573. The first-order chi connectivity index (χ1) is 19.5. The van der Waals surface area contributed by atoms with Crippen LogP contribution in [0.3, 0.4) is 0 Å². The fourth-order valence-electron chi connectivity index (χ4n) is 6.22. The zero-order valence-corrected chi connectivity index (χ0v) is 26.5. The van der Waals surface area contributed by atoms with E-state index in [9.17, 15) is 13.2 Å². The van der Waals surface area contributed by atoms with Crippen molar-refractivity contribution in [1.29, 1.82) is 0 Å². The van der Waals surface area contributed by atoms with E-state index >= 15 is 0 Å². The number of nitrogens with zero attached hydrogens (tertiary/aromatic N) is 4. The normalized spacial score (nSPS) is 23.0. The molecule has 0 N–H and O–H groups in total. The van der Waals surface area contributed by atoms with Crippen molar-refractivity contribution in [3.8, 4) is 5.75 Å². The molecule has 1 aromatic rings. The van der Waals surface area contributed by atoms with Gasteiger partial charge < -0.3 is 24.0 Å². The zero-order valence-electron chi connectivity index (χ0n) is 25.7. The van der Waals surface area contributed by atoms with Crippen LogP contribution in [-0.2, 0) is 24.3 Å². The minimum absolute atomic E-state index is 0.0497. The molecule has 3 saturated heterocycles. The Kier molecular flexibility index (Phi) is 11.1. The lowest BCUT2D eigenvalue weighted by Gasteiger charge is -2.43. The Morgan fingerprint density at radius 3 is 2.20 bits per heavy atom. The van der Waals surface area contributed by atoms with Crippen LogP contribution in [0.1, 0.15) is 50.7 Å². The second kappa shape index (κ2) is 14.1. The second-order valence-electron chi connectivity index (χ2n) is 12.4. The first-order valence-electron chi connectivity index (χ1n) is 15.1. The molecule has 3 aliphatic heterocycles. The highest BCUT2D eigenvalue weighted by molar-refractivity contribution is 7.89. The molecule has 10 nitrogen and oxygen atoms in total. The van der Waals surface area contributed by atoms with Crippen LogP contribution in [0.25, 0.3) is 0 Å². The summed E-state index contributed by atoms with van der Waals surface area (Å²) in [4.78, 5) is 20.1. The number of morpholine rings is 1. The number of hydrogen-bond donors (Lipinski definition) is 0. The van der Waals surface area contributed by atoms with E-state index in [2.05, 4.69) is 9.80 Å². The van der Waals surface area contributed by atoms with Crippen LogP contribution in [0.4, 0.5) is 0 Å². The first-order valence-corrected chi connectivity index (χ1v) is 16.6. The number of ether oxygens (including phenoxy) is 3. The van der Waals surface area contributed by atoms with Crippen molar-refractivity contribution in [2.24, 2.45) is 0 Å². The molecular weight excluding hydrogens is 544 g/mol. The molecule has 3 aliphatic rings. The molecular formula is C30H50N4O6S. The van der Waals surface area contributed by atoms with E-state index in [1.807, 2.05) is 18.7 Å². The minimum Gasteiger partial charge on any atom is -0.497 e. The third kappa shape index (κ3) is 8.42. The van der Waals surface area contributed by atoms with Crippen molar-refractivity contribution in [2.75, 3.05) is 85.8 Å². The zero-order chi connectivity index (χ0) is 29.6. The quantitative estimate of drug-likeness (QED) is 0.386. The maximum absolute atomic E-state index is 14.0. The van der Waals surface area contributed by atoms with Gasteiger partial charge in [0.25, 0.3) is 0 Å². The van der Waals surface area contributed by atoms with Crippen LogP contribution in [0, 0.1) is 13.8 Å². The smallest absolute Gasteiger partial charge is 0.248 e. The standard InChI is InChI=1S/C30H50N4O6S/c1-24-18-27(38-5)19-25(2)29(24)41(36,37)34-23-30(3,4)40-21-26(34)20-39-22-28(35)33-16-14-32(15-17-33)13-9-12-31-10-7-6-8-11-31/h18-19,26H,6-17,20-23H2,1-5H3/t26-/m0/s1. The van der Waals surface area contributed by atoms with Crippen LogP contribution in [0.15, 0.2) is 17.0 Å². The number of aryl methyl sites for hydroxylation is 2. The Morgan fingerprint density at radius 1 is 0.976 bits per heavy atom. The fourth-order valence-corrected chi connectivity index (χ4v) is 8.38. The van der Waals surface area contributed by atoms with Crippen LogP contribution >= 0.6 is 0 Å². The molecule has 0 spiro atoms. The average Bonchev–Trinajstić information content (AvgIpc) is 2.94. The number of sulfonamides is 1. The SMILES string of the molecule is COc1cc(C)c(S(=O)(=O)N2CC(C)(C)OC[C@@H]2COCC(=O)N2CCN(CCCN3CCCCC3)CC2)c(C)c1. The highest BCUT2D eigenvalue weighted by Crippen LogP contribution is 2.32. The first kappa shape index (κ1) is 32.2. The van der Waals surface area contributed by atoms with Gasteiger partial charge in [0, 0.05) is 32.7 Å². The van der Waals surface area contributed by atoms with Crippen molar-refractivity contribution >= 4 is 15.9 Å². The molecule has 0 aliphatic carbocycles. The predicted octanol–water partition coefficient (Wildman–Crippen LogP) is 2.52. The number of piperidine rings is 1. The third-order valence-corrected chi connectivity index (χ3v) is 10.7. The number of likely N-dealkylation sites (tertiary alicyclic amines) is 1. The van der Waals surface area contributed by atoms with Gasteiger partial charge in [-0.05, 0) is 96.4 Å². The summed E-state index contributed by atoms with van der Waals surface area (Å²) in [7, 11) is -2.28. The molecule has 0 unspecified atom stereocenters. The van der Waals surface area contributed by atoms with Gasteiger partial charge in [-0.3, -0.25) is 9.69 Å². The fraction of sp³-hybridized carbons (Fsp3) is 0.767. The Balaban J connectivity index is 1.28. The number of amides is 1. The van der Waals surface area contributed by atoms with Crippen molar-refractivity contribution < 1.29 is 27.4 Å². The number of hydrogen-bond acceptors (Lipinski definition) is 8. The molecule has 4 rings (SSSR count). The lowest BCUT2D eigenvalue weighted by Crippen LogP contribution is -2.57. The summed E-state index contributed by atoms with van der Waals surface area (Å²) in [6.07, 6.45) is 5.19. The van der Waals surface area contributed by atoms with Gasteiger partial charge in [-0.25, -0.2) is 8.42 Å². The van der Waals surface area contributed by atoms with E-state index in [1.165, 1.54) is 49.6 Å². The Bertz CT molecular complexity index is 1110. The molecule has 232 valence electrons. The predicted molar refractivity (Wildman–Crippen MR) is 159 cm³/mol. The highest BCUT2D eigenvalue weighted by atomic mass is 32.2. The minimum atomic E-state index is -3.85. The molecule has 1 aromatic carbocycles. The highest BCUT2D eigenvalue weighted by Gasteiger charge is 2.42. The van der Waals surface area contributed by atoms with E-state index in [-0.39, 0.29) is 37.2 Å². The van der Waals surface area contributed by atoms with Gasteiger partial charge in [-0.15, -0.1) is 0 Å². The largest absolute Gasteiger partial charge is 0.497 e. The van der Waals surface area contributed by atoms with Gasteiger partial charge in [-0.1, -0.05) is 6.42 Å². The molecule has 0 saturated carbocycles.